The monoisotopic (exact) mass is 491 g/mol. The second kappa shape index (κ2) is 9.07. The third kappa shape index (κ3) is 4.45. The molecule has 4 aromatic rings. The van der Waals surface area contributed by atoms with Crippen LogP contribution in [0.5, 0.6) is 5.75 Å². The summed E-state index contributed by atoms with van der Waals surface area (Å²) in [6, 6.07) is 8.02. The van der Waals surface area contributed by atoms with Crippen LogP contribution in [0.1, 0.15) is 22.6 Å². The van der Waals surface area contributed by atoms with Gasteiger partial charge in [0.2, 0.25) is 0 Å². The molecule has 1 atom stereocenters. The average Bonchev–Trinajstić information content (AvgIpc) is 3.30. The molecule has 3 N–H and O–H groups in total. The van der Waals surface area contributed by atoms with E-state index in [1.165, 1.54) is 11.3 Å². The summed E-state index contributed by atoms with van der Waals surface area (Å²) < 4.78 is 12.2. The highest BCUT2D eigenvalue weighted by atomic mass is 35.5. The molecular weight excluding hydrogens is 473 g/mol. The van der Waals surface area contributed by atoms with Crippen LogP contribution in [0.2, 0.25) is 10.0 Å². The minimum atomic E-state index is -1.09. The smallest absolute Gasteiger partial charge is 0.320 e. The van der Waals surface area contributed by atoms with Gasteiger partial charge in [-0.1, -0.05) is 40.5 Å². The third-order valence-electron chi connectivity index (χ3n) is 4.95. The molecule has 0 saturated heterocycles. The van der Waals surface area contributed by atoms with Crippen LogP contribution in [0.25, 0.3) is 20.8 Å². The third-order valence-corrected chi connectivity index (χ3v) is 6.67. The summed E-state index contributed by atoms with van der Waals surface area (Å²) in [5.41, 5.74) is 9.69. The fraction of sp³-hybridized carbons (Fsp3) is 0.227. The number of carboxylic acids is 1. The fourth-order valence-electron chi connectivity index (χ4n) is 3.37. The van der Waals surface area contributed by atoms with Gasteiger partial charge in [0.1, 0.15) is 23.4 Å². The van der Waals surface area contributed by atoms with Gasteiger partial charge in [-0.05, 0) is 44.0 Å². The standard InChI is InChI=1S/C22H19Cl2N3O4S/c1-10-18(11(2)31-27-10)21-26-17-5-3-4-13(20(17)32-21)9-30-19-14(23)6-12(7-15(19)24)8-16(25)22(28)29/h3-7,16H,8-9,25H2,1-2H3,(H,28,29). The van der Waals surface area contributed by atoms with Crippen LogP contribution in [0.15, 0.2) is 34.9 Å². The number of thiazole rings is 1. The van der Waals surface area contributed by atoms with E-state index in [1.54, 1.807) is 12.1 Å². The van der Waals surface area contributed by atoms with Crippen LogP contribution >= 0.6 is 34.5 Å². The fourth-order valence-corrected chi connectivity index (χ4v) is 5.22. The van der Waals surface area contributed by atoms with Crippen molar-refractivity contribution in [2.75, 3.05) is 0 Å². The van der Waals surface area contributed by atoms with Crippen LogP contribution in [0, 0.1) is 13.8 Å². The van der Waals surface area contributed by atoms with E-state index < -0.39 is 12.0 Å². The van der Waals surface area contributed by atoms with Gasteiger partial charge in [-0.25, -0.2) is 4.98 Å². The van der Waals surface area contributed by atoms with Gasteiger partial charge in [0.05, 0.1) is 31.5 Å². The summed E-state index contributed by atoms with van der Waals surface area (Å²) >= 11 is 14.3. The van der Waals surface area contributed by atoms with Crippen LogP contribution < -0.4 is 10.5 Å². The average molecular weight is 492 g/mol. The Hall–Kier alpha value is -2.65. The van der Waals surface area contributed by atoms with Crippen molar-refractivity contribution in [1.82, 2.24) is 10.1 Å². The molecule has 2 aromatic carbocycles. The molecule has 1 unspecified atom stereocenters. The van der Waals surface area contributed by atoms with E-state index in [4.69, 9.17) is 48.3 Å². The number of benzene rings is 2. The van der Waals surface area contributed by atoms with Crippen LogP contribution in [0.4, 0.5) is 0 Å². The van der Waals surface area contributed by atoms with Crippen molar-refractivity contribution in [3.63, 3.8) is 0 Å². The van der Waals surface area contributed by atoms with Gasteiger partial charge in [0.15, 0.2) is 5.75 Å². The minimum Gasteiger partial charge on any atom is -0.486 e. The zero-order valence-electron chi connectivity index (χ0n) is 17.2. The van der Waals surface area contributed by atoms with Gasteiger partial charge in [-0.15, -0.1) is 11.3 Å². The Bertz CT molecular complexity index is 1280. The van der Waals surface area contributed by atoms with E-state index in [9.17, 15) is 4.79 Å². The Kier molecular flexibility index (Phi) is 6.39. The molecule has 0 aliphatic rings. The largest absolute Gasteiger partial charge is 0.486 e. The summed E-state index contributed by atoms with van der Waals surface area (Å²) in [5, 5.41) is 14.4. The maximum atomic E-state index is 11.0. The lowest BCUT2D eigenvalue weighted by Crippen LogP contribution is -2.32. The molecule has 32 heavy (non-hydrogen) atoms. The first-order valence-corrected chi connectivity index (χ1v) is 11.2. The van der Waals surface area contributed by atoms with Crippen LogP contribution in [-0.4, -0.2) is 27.3 Å². The number of aliphatic carboxylic acids is 1. The van der Waals surface area contributed by atoms with Crippen molar-refractivity contribution in [2.45, 2.75) is 32.9 Å². The highest BCUT2D eigenvalue weighted by molar-refractivity contribution is 7.21. The molecule has 0 aliphatic carbocycles. The van der Waals surface area contributed by atoms with Gasteiger partial charge in [-0.2, -0.15) is 0 Å². The first-order chi connectivity index (χ1) is 15.2. The number of carboxylic acid groups (broad SMARTS) is 1. The summed E-state index contributed by atoms with van der Waals surface area (Å²) in [6.07, 6.45) is 0.111. The molecule has 0 fully saturated rings. The van der Waals surface area contributed by atoms with Crippen molar-refractivity contribution < 1.29 is 19.2 Å². The lowest BCUT2D eigenvalue weighted by atomic mass is 10.1. The van der Waals surface area contributed by atoms with Crippen molar-refractivity contribution in [1.29, 1.82) is 0 Å². The molecular formula is C22H19Cl2N3O4S. The highest BCUT2D eigenvalue weighted by Gasteiger charge is 2.19. The summed E-state index contributed by atoms with van der Waals surface area (Å²) in [4.78, 5) is 15.7. The van der Waals surface area contributed by atoms with Crippen molar-refractivity contribution in [2.24, 2.45) is 5.73 Å². The number of ether oxygens (including phenoxy) is 1. The van der Waals surface area contributed by atoms with E-state index in [2.05, 4.69) is 5.16 Å². The number of hydrogen-bond donors (Lipinski definition) is 2. The van der Waals surface area contributed by atoms with Gasteiger partial charge in [0, 0.05) is 5.56 Å². The first-order valence-electron chi connectivity index (χ1n) is 9.65. The topological polar surface area (TPSA) is 111 Å². The molecule has 2 heterocycles. The van der Waals surface area contributed by atoms with Gasteiger partial charge in [-0.3, -0.25) is 4.79 Å². The molecule has 0 spiro atoms. The Morgan fingerprint density at radius 1 is 1.28 bits per heavy atom. The molecule has 0 bridgehead atoms. The second-order valence-corrected chi connectivity index (χ2v) is 9.12. The molecule has 0 amide bonds. The minimum absolute atomic E-state index is 0.111. The molecule has 4 rings (SSSR count). The van der Waals surface area contributed by atoms with E-state index in [1.807, 2.05) is 32.0 Å². The lowest BCUT2D eigenvalue weighted by molar-refractivity contribution is -0.138. The normalized spacial score (nSPS) is 12.3. The molecule has 2 aromatic heterocycles. The summed E-state index contributed by atoms with van der Waals surface area (Å²) in [6.45, 7) is 3.98. The molecule has 0 aliphatic heterocycles. The van der Waals surface area contributed by atoms with E-state index >= 15 is 0 Å². The molecule has 0 saturated carbocycles. The molecule has 0 radical (unpaired) electrons. The van der Waals surface area contributed by atoms with E-state index in [0.29, 0.717) is 11.3 Å². The van der Waals surface area contributed by atoms with Gasteiger partial charge < -0.3 is 20.1 Å². The molecule has 7 nitrogen and oxygen atoms in total. The number of nitrogens with two attached hydrogens (primary N) is 1. The number of halogens is 2. The van der Waals surface area contributed by atoms with Crippen LogP contribution in [-0.2, 0) is 17.8 Å². The second-order valence-electron chi connectivity index (χ2n) is 7.31. The maximum Gasteiger partial charge on any atom is 0.320 e. The van der Waals surface area contributed by atoms with Crippen molar-refractivity contribution in [3.8, 4) is 16.3 Å². The predicted octanol–water partition coefficient (Wildman–Crippen LogP) is 5.41. The van der Waals surface area contributed by atoms with E-state index in [-0.39, 0.29) is 23.1 Å². The number of hydrogen-bond acceptors (Lipinski definition) is 7. The van der Waals surface area contributed by atoms with Crippen molar-refractivity contribution >= 4 is 50.7 Å². The lowest BCUT2D eigenvalue weighted by Gasteiger charge is -2.13. The highest BCUT2D eigenvalue weighted by Crippen LogP contribution is 2.38. The molecule has 166 valence electrons. The summed E-state index contributed by atoms with van der Waals surface area (Å²) in [5.74, 6) is -0.0414. The van der Waals surface area contributed by atoms with E-state index in [0.717, 1.165) is 37.8 Å². The SMILES string of the molecule is Cc1noc(C)c1-c1nc2cccc(COc3c(Cl)cc(CC(N)C(=O)O)cc3Cl)c2s1. The maximum absolute atomic E-state index is 11.0. The number of rotatable bonds is 7. The van der Waals surface area contributed by atoms with Crippen LogP contribution in [0.3, 0.4) is 0 Å². The number of nitrogens with zero attached hydrogens (tertiary/aromatic N) is 2. The Morgan fingerprint density at radius 2 is 2.00 bits per heavy atom. The number of carbonyl (C=O) groups is 1. The summed E-state index contributed by atoms with van der Waals surface area (Å²) in [7, 11) is 0. The number of aromatic nitrogens is 2. The van der Waals surface area contributed by atoms with Gasteiger partial charge in [0.25, 0.3) is 0 Å². The van der Waals surface area contributed by atoms with Crippen molar-refractivity contribution in [3.05, 3.63) is 63.0 Å². The molecule has 10 heteroatoms. The zero-order chi connectivity index (χ0) is 23.0. The quantitative estimate of drug-likeness (QED) is 0.355. The number of aryl methyl sites for hydroxylation is 2. The number of fused-ring (bicyclic) bond motifs is 1. The Balaban J connectivity index is 1.59. The zero-order valence-corrected chi connectivity index (χ0v) is 19.5. The Morgan fingerprint density at radius 3 is 2.62 bits per heavy atom. The first kappa shape index (κ1) is 22.5. The van der Waals surface area contributed by atoms with Gasteiger partial charge >= 0.3 is 5.97 Å². The Labute approximate surface area is 197 Å². The predicted molar refractivity (Wildman–Crippen MR) is 125 cm³/mol.